The van der Waals surface area contributed by atoms with Gasteiger partial charge in [-0.1, -0.05) is 0 Å². The first kappa shape index (κ1) is 14.9. The molecule has 0 aromatic carbocycles. The Morgan fingerprint density at radius 3 is 2.83 bits per heavy atom. The van der Waals surface area contributed by atoms with Crippen molar-refractivity contribution >= 4 is 25.6 Å². The number of ether oxygens (including phenoxy) is 1. The number of amides is 1. The number of aromatic nitrogens is 2. The second kappa shape index (κ2) is 6.17. The molecule has 0 radical (unpaired) electrons. The van der Waals surface area contributed by atoms with Gasteiger partial charge in [0.05, 0.1) is 12.8 Å². The van der Waals surface area contributed by atoms with Crippen molar-refractivity contribution in [3.63, 3.8) is 0 Å². The second-order valence-corrected chi connectivity index (χ2v) is 6.12. The van der Waals surface area contributed by atoms with E-state index >= 15 is 0 Å². The van der Waals surface area contributed by atoms with E-state index in [1.807, 2.05) is 0 Å². The number of hydrogen-bond acceptors (Lipinski definition) is 5. The highest BCUT2D eigenvalue weighted by atomic mass is 35.7. The lowest BCUT2D eigenvalue weighted by Crippen LogP contribution is -2.33. The molecule has 1 heterocycles. The molecule has 1 rings (SSSR count). The summed E-state index contributed by atoms with van der Waals surface area (Å²) < 4.78 is 28.1. The number of methoxy groups -OCH3 is 1. The number of halogens is 1. The van der Waals surface area contributed by atoms with E-state index in [1.165, 1.54) is 18.0 Å². The monoisotopic (exact) mass is 295 g/mol. The van der Waals surface area contributed by atoms with Gasteiger partial charge in [0.15, 0.2) is 0 Å². The van der Waals surface area contributed by atoms with Crippen LogP contribution < -0.4 is 5.32 Å². The van der Waals surface area contributed by atoms with E-state index in [2.05, 4.69) is 10.4 Å². The third-order valence-corrected chi connectivity index (χ3v) is 3.55. The summed E-state index contributed by atoms with van der Waals surface area (Å²) in [5.74, 6) is -0.284. The molecule has 0 aliphatic heterocycles. The van der Waals surface area contributed by atoms with Crippen molar-refractivity contribution in [2.24, 2.45) is 0 Å². The van der Waals surface area contributed by atoms with Crippen LogP contribution in [0.4, 0.5) is 0 Å². The zero-order chi connectivity index (χ0) is 13.8. The highest BCUT2D eigenvalue weighted by Gasteiger charge is 2.19. The minimum Gasteiger partial charge on any atom is -0.383 e. The lowest BCUT2D eigenvalue weighted by Gasteiger charge is -2.12. The van der Waals surface area contributed by atoms with Gasteiger partial charge in [0.25, 0.3) is 9.05 Å². The Morgan fingerprint density at radius 2 is 2.33 bits per heavy atom. The van der Waals surface area contributed by atoms with Crippen LogP contribution in [0.3, 0.4) is 0 Å². The molecule has 1 aromatic heterocycles. The van der Waals surface area contributed by atoms with Gasteiger partial charge in [-0.05, 0) is 6.92 Å². The van der Waals surface area contributed by atoms with Gasteiger partial charge in [-0.3, -0.25) is 9.48 Å². The molecule has 0 saturated carbocycles. The predicted molar refractivity (Wildman–Crippen MR) is 64.9 cm³/mol. The fourth-order valence-electron chi connectivity index (χ4n) is 1.20. The Labute approximate surface area is 109 Å². The lowest BCUT2D eigenvalue weighted by atomic mass is 10.3. The van der Waals surface area contributed by atoms with Crippen LogP contribution in [0.2, 0.25) is 0 Å². The summed E-state index contributed by atoms with van der Waals surface area (Å²) in [6.07, 6.45) is 2.31. The number of nitrogens with zero attached hydrogens (tertiary/aromatic N) is 2. The van der Waals surface area contributed by atoms with Gasteiger partial charge in [0.2, 0.25) is 5.91 Å². The van der Waals surface area contributed by atoms with E-state index in [0.717, 1.165) is 6.20 Å². The van der Waals surface area contributed by atoms with E-state index in [-0.39, 0.29) is 10.8 Å². The van der Waals surface area contributed by atoms with Crippen LogP contribution in [0, 0.1) is 0 Å². The van der Waals surface area contributed by atoms with Gasteiger partial charge in [-0.2, -0.15) is 5.10 Å². The van der Waals surface area contributed by atoms with Crippen LogP contribution >= 0.6 is 10.7 Å². The van der Waals surface area contributed by atoms with Crippen LogP contribution in [-0.2, 0) is 18.6 Å². The van der Waals surface area contributed by atoms with E-state index in [9.17, 15) is 13.2 Å². The molecule has 7 nitrogen and oxygen atoms in total. The summed E-state index contributed by atoms with van der Waals surface area (Å²) in [5.41, 5.74) is 0. The molecular formula is C9H14ClN3O4S. The standard InChI is InChI=1S/C9H14ClN3O4S/c1-7(9(14)11-3-4-17-2)13-6-8(5-12-13)18(10,15)16/h5-7H,3-4H2,1-2H3,(H,11,14). The topological polar surface area (TPSA) is 90.3 Å². The zero-order valence-corrected chi connectivity index (χ0v) is 11.5. The molecule has 0 bridgehead atoms. The molecule has 1 N–H and O–H groups in total. The molecule has 18 heavy (non-hydrogen) atoms. The SMILES string of the molecule is COCCNC(=O)C(C)n1cc(S(=O)(=O)Cl)cn1. The van der Waals surface area contributed by atoms with Crippen LogP contribution in [0.15, 0.2) is 17.3 Å². The highest BCUT2D eigenvalue weighted by molar-refractivity contribution is 8.13. The summed E-state index contributed by atoms with van der Waals surface area (Å²) in [7, 11) is 2.86. The highest BCUT2D eigenvalue weighted by Crippen LogP contribution is 2.15. The van der Waals surface area contributed by atoms with Gasteiger partial charge in [0.1, 0.15) is 10.9 Å². The summed E-state index contributed by atoms with van der Waals surface area (Å²) in [6, 6.07) is -0.631. The van der Waals surface area contributed by atoms with Gasteiger partial charge in [-0.15, -0.1) is 0 Å². The minimum atomic E-state index is -3.82. The van der Waals surface area contributed by atoms with Crippen LogP contribution in [0.25, 0.3) is 0 Å². The number of rotatable bonds is 6. The van der Waals surface area contributed by atoms with E-state index < -0.39 is 15.1 Å². The zero-order valence-electron chi connectivity index (χ0n) is 9.96. The van der Waals surface area contributed by atoms with Crippen molar-refractivity contribution in [2.45, 2.75) is 17.9 Å². The number of carbonyl (C=O) groups is 1. The first-order valence-electron chi connectivity index (χ1n) is 5.11. The molecule has 1 unspecified atom stereocenters. The molecule has 0 fully saturated rings. The lowest BCUT2D eigenvalue weighted by molar-refractivity contribution is -0.124. The van der Waals surface area contributed by atoms with E-state index in [1.54, 1.807) is 6.92 Å². The molecular weight excluding hydrogens is 282 g/mol. The van der Waals surface area contributed by atoms with Crippen molar-refractivity contribution in [3.05, 3.63) is 12.4 Å². The van der Waals surface area contributed by atoms with Gasteiger partial charge in [0, 0.05) is 30.5 Å². The maximum Gasteiger partial charge on any atom is 0.264 e. The Hall–Kier alpha value is -1.12. The molecule has 1 amide bonds. The molecule has 1 aromatic rings. The Balaban J connectivity index is 2.69. The summed E-state index contributed by atoms with van der Waals surface area (Å²) in [6.45, 7) is 2.38. The minimum absolute atomic E-state index is 0.138. The molecule has 0 aliphatic carbocycles. The van der Waals surface area contributed by atoms with E-state index in [0.29, 0.717) is 13.2 Å². The van der Waals surface area contributed by atoms with Crippen molar-refractivity contribution in [2.75, 3.05) is 20.3 Å². The van der Waals surface area contributed by atoms with E-state index in [4.69, 9.17) is 15.4 Å². The maximum atomic E-state index is 11.7. The molecule has 9 heteroatoms. The summed E-state index contributed by atoms with van der Waals surface area (Å²) in [4.78, 5) is 11.5. The third kappa shape index (κ3) is 3.97. The largest absolute Gasteiger partial charge is 0.383 e. The average Bonchev–Trinajstić information content (AvgIpc) is 2.77. The summed E-state index contributed by atoms with van der Waals surface area (Å²) in [5, 5.41) is 6.42. The molecule has 0 saturated heterocycles. The smallest absolute Gasteiger partial charge is 0.264 e. The normalized spacial score (nSPS) is 13.3. The quantitative estimate of drug-likeness (QED) is 0.595. The number of carbonyl (C=O) groups excluding carboxylic acids is 1. The summed E-state index contributed by atoms with van der Waals surface area (Å²) >= 11 is 0. The maximum absolute atomic E-state index is 11.7. The van der Waals surface area contributed by atoms with Crippen LogP contribution in [0.1, 0.15) is 13.0 Å². The average molecular weight is 296 g/mol. The molecule has 102 valence electrons. The molecule has 1 atom stereocenters. The van der Waals surface area contributed by atoms with Crippen molar-refractivity contribution in [1.29, 1.82) is 0 Å². The van der Waals surface area contributed by atoms with Crippen molar-refractivity contribution in [1.82, 2.24) is 15.1 Å². The van der Waals surface area contributed by atoms with Crippen LogP contribution in [-0.4, -0.2) is 44.4 Å². The second-order valence-electron chi connectivity index (χ2n) is 3.55. The Bertz CT molecular complexity index is 514. The van der Waals surface area contributed by atoms with Gasteiger partial charge < -0.3 is 10.1 Å². The van der Waals surface area contributed by atoms with Crippen molar-refractivity contribution in [3.8, 4) is 0 Å². The van der Waals surface area contributed by atoms with Crippen molar-refractivity contribution < 1.29 is 17.9 Å². The Morgan fingerprint density at radius 1 is 1.67 bits per heavy atom. The molecule has 0 spiro atoms. The number of nitrogens with one attached hydrogen (secondary N) is 1. The first-order chi connectivity index (χ1) is 8.36. The first-order valence-corrected chi connectivity index (χ1v) is 7.42. The predicted octanol–water partition coefficient (Wildman–Crippen LogP) is 0.134. The fourth-order valence-corrected chi connectivity index (χ4v) is 1.85. The van der Waals surface area contributed by atoms with Gasteiger partial charge in [-0.25, -0.2) is 8.42 Å². The van der Waals surface area contributed by atoms with Crippen LogP contribution in [0.5, 0.6) is 0 Å². The number of hydrogen-bond donors (Lipinski definition) is 1. The molecule has 0 aliphatic rings. The Kier molecular flexibility index (Phi) is 5.12. The van der Waals surface area contributed by atoms with Gasteiger partial charge >= 0.3 is 0 Å². The third-order valence-electron chi connectivity index (χ3n) is 2.24. The fraction of sp³-hybridized carbons (Fsp3) is 0.556.